The molecule has 0 radical (unpaired) electrons. The van der Waals surface area contributed by atoms with E-state index in [0.717, 1.165) is 12.3 Å². The first-order chi connectivity index (χ1) is 7.94. The lowest BCUT2D eigenvalue weighted by Crippen LogP contribution is -2.25. The van der Waals surface area contributed by atoms with E-state index in [1.807, 2.05) is 11.8 Å². The molecule has 0 aliphatic carbocycles. The molecule has 0 aliphatic heterocycles. The maximum atomic E-state index is 3.59. The number of aryl methyl sites for hydroxylation is 1. The lowest BCUT2D eigenvalue weighted by atomic mass is 10.0. The maximum absolute atomic E-state index is 3.59. The van der Waals surface area contributed by atoms with Crippen molar-refractivity contribution in [2.75, 3.05) is 12.3 Å². The largest absolute Gasteiger partial charge is 0.310 e. The number of nitrogens with one attached hydrogen (secondary N) is 1. The van der Waals surface area contributed by atoms with Crippen molar-refractivity contribution in [2.45, 2.75) is 45.4 Å². The predicted molar refractivity (Wildman–Crippen MR) is 79.8 cm³/mol. The number of hydrogen-bond acceptors (Lipinski definition) is 2. The Morgan fingerprint density at radius 1 is 1.24 bits per heavy atom. The van der Waals surface area contributed by atoms with Gasteiger partial charge in [-0.2, -0.15) is 11.8 Å². The molecule has 0 saturated carbocycles. The highest BCUT2D eigenvalue weighted by atomic mass is 32.2. The Kier molecular flexibility index (Phi) is 5.54. The van der Waals surface area contributed by atoms with Gasteiger partial charge in [-0.3, -0.25) is 0 Å². The molecule has 1 nitrogen and oxygen atoms in total. The summed E-state index contributed by atoms with van der Waals surface area (Å²) in [6.07, 6.45) is 0. The highest BCUT2D eigenvalue weighted by Crippen LogP contribution is 2.29. The van der Waals surface area contributed by atoms with Crippen LogP contribution in [-0.2, 0) is 0 Å². The summed E-state index contributed by atoms with van der Waals surface area (Å²) in [5.74, 6) is 1.13. The second-order valence-corrected chi connectivity index (χ2v) is 7.24. The van der Waals surface area contributed by atoms with Crippen LogP contribution in [0.5, 0.6) is 0 Å². The van der Waals surface area contributed by atoms with Crippen LogP contribution in [-0.4, -0.2) is 17.0 Å². The van der Waals surface area contributed by atoms with Gasteiger partial charge < -0.3 is 5.32 Å². The van der Waals surface area contributed by atoms with Gasteiger partial charge in [0.2, 0.25) is 0 Å². The van der Waals surface area contributed by atoms with E-state index in [9.17, 15) is 0 Å². The van der Waals surface area contributed by atoms with Crippen LogP contribution in [0.15, 0.2) is 24.3 Å². The minimum absolute atomic E-state index is 0.330. The van der Waals surface area contributed by atoms with E-state index >= 15 is 0 Å². The number of thioether (sulfide) groups is 1. The first kappa shape index (κ1) is 14.6. The van der Waals surface area contributed by atoms with Crippen LogP contribution in [0.25, 0.3) is 0 Å². The molecule has 96 valence electrons. The van der Waals surface area contributed by atoms with Gasteiger partial charge in [-0.25, -0.2) is 0 Å². The van der Waals surface area contributed by atoms with Gasteiger partial charge in [-0.05, 0) is 24.6 Å². The lowest BCUT2D eigenvalue weighted by Gasteiger charge is -2.25. The number of rotatable bonds is 5. The van der Waals surface area contributed by atoms with Crippen LogP contribution in [0.1, 0.15) is 44.9 Å². The standard InChI is InChI=1S/C15H25NS/c1-6-16-14(11-17-15(3,4)5)13-10-8-7-9-12(13)2/h7-10,14,16H,6,11H2,1-5H3. The Balaban J connectivity index is 2.75. The summed E-state index contributed by atoms with van der Waals surface area (Å²) in [6.45, 7) is 12.2. The molecule has 1 N–H and O–H groups in total. The Morgan fingerprint density at radius 2 is 1.88 bits per heavy atom. The number of benzene rings is 1. The van der Waals surface area contributed by atoms with Crippen molar-refractivity contribution in [1.29, 1.82) is 0 Å². The summed E-state index contributed by atoms with van der Waals surface area (Å²) >= 11 is 2.02. The molecule has 1 aromatic rings. The molecule has 0 spiro atoms. The van der Waals surface area contributed by atoms with Crippen molar-refractivity contribution in [3.8, 4) is 0 Å². The van der Waals surface area contributed by atoms with E-state index in [-0.39, 0.29) is 0 Å². The molecule has 0 saturated heterocycles. The normalized spacial score (nSPS) is 13.7. The highest BCUT2D eigenvalue weighted by molar-refractivity contribution is 8.00. The van der Waals surface area contributed by atoms with Crippen molar-refractivity contribution in [1.82, 2.24) is 5.32 Å². The van der Waals surface area contributed by atoms with Crippen molar-refractivity contribution in [2.24, 2.45) is 0 Å². The first-order valence-corrected chi connectivity index (χ1v) is 7.35. The van der Waals surface area contributed by atoms with Gasteiger partial charge in [0.1, 0.15) is 0 Å². The monoisotopic (exact) mass is 251 g/mol. The van der Waals surface area contributed by atoms with Gasteiger partial charge in [-0.15, -0.1) is 0 Å². The zero-order valence-corrected chi connectivity index (χ0v) is 12.5. The van der Waals surface area contributed by atoms with Crippen LogP contribution in [0.3, 0.4) is 0 Å². The molecule has 0 heterocycles. The van der Waals surface area contributed by atoms with Crippen molar-refractivity contribution in [3.05, 3.63) is 35.4 Å². The summed E-state index contributed by atoms with van der Waals surface area (Å²) in [5.41, 5.74) is 2.82. The van der Waals surface area contributed by atoms with Gasteiger partial charge in [0, 0.05) is 16.5 Å². The zero-order chi connectivity index (χ0) is 12.9. The molecule has 1 atom stereocenters. The second kappa shape index (κ2) is 6.46. The molecule has 2 heteroatoms. The molecule has 0 amide bonds. The van der Waals surface area contributed by atoms with E-state index in [4.69, 9.17) is 0 Å². The molecule has 0 aromatic heterocycles. The molecule has 1 aromatic carbocycles. The molecule has 0 bridgehead atoms. The zero-order valence-electron chi connectivity index (χ0n) is 11.7. The fourth-order valence-corrected chi connectivity index (χ4v) is 2.78. The van der Waals surface area contributed by atoms with Crippen LogP contribution < -0.4 is 5.32 Å². The van der Waals surface area contributed by atoms with E-state index < -0.39 is 0 Å². The van der Waals surface area contributed by atoms with Crippen molar-refractivity contribution in [3.63, 3.8) is 0 Å². The molecule has 0 aliphatic rings. The van der Waals surface area contributed by atoms with Gasteiger partial charge in [-0.1, -0.05) is 52.0 Å². The predicted octanol–water partition coefficient (Wildman–Crippen LogP) is 4.18. The lowest BCUT2D eigenvalue weighted by molar-refractivity contribution is 0.600. The molecular formula is C15H25NS. The van der Waals surface area contributed by atoms with Crippen molar-refractivity contribution < 1.29 is 0 Å². The molecule has 1 unspecified atom stereocenters. The topological polar surface area (TPSA) is 12.0 Å². The Hall–Kier alpha value is -0.470. The smallest absolute Gasteiger partial charge is 0.0414 e. The molecule has 0 fully saturated rings. The average Bonchev–Trinajstić information content (AvgIpc) is 2.24. The quantitative estimate of drug-likeness (QED) is 0.842. The average molecular weight is 251 g/mol. The van der Waals surface area contributed by atoms with Gasteiger partial charge in [0.15, 0.2) is 0 Å². The first-order valence-electron chi connectivity index (χ1n) is 6.37. The summed E-state index contributed by atoms with van der Waals surface area (Å²) in [5, 5.41) is 3.59. The fourth-order valence-electron chi connectivity index (χ4n) is 1.82. The molecular weight excluding hydrogens is 226 g/mol. The van der Waals surface area contributed by atoms with Crippen LogP contribution >= 0.6 is 11.8 Å². The summed E-state index contributed by atoms with van der Waals surface area (Å²) in [4.78, 5) is 0. The molecule has 1 rings (SSSR count). The van der Waals surface area contributed by atoms with Crippen molar-refractivity contribution >= 4 is 11.8 Å². The minimum Gasteiger partial charge on any atom is -0.310 e. The second-order valence-electron chi connectivity index (χ2n) is 5.39. The third-order valence-electron chi connectivity index (χ3n) is 2.70. The highest BCUT2D eigenvalue weighted by Gasteiger charge is 2.17. The Morgan fingerprint density at radius 3 is 2.41 bits per heavy atom. The fraction of sp³-hybridized carbons (Fsp3) is 0.600. The maximum Gasteiger partial charge on any atom is 0.0414 e. The van der Waals surface area contributed by atoms with E-state index in [1.54, 1.807) is 0 Å². The summed E-state index contributed by atoms with van der Waals surface area (Å²) in [7, 11) is 0. The van der Waals surface area contributed by atoms with Crippen LogP contribution in [0.4, 0.5) is 0 Å². The SMILES string of the molecule is CCNC(CSC(C)(C)C)c1ccccc1C. The third kappa shape index (κ3) is 5.13. The van der Waals surface area contributed by atoms with Gasteiger partial charge in [0.25, 0.3) is 0 Å². The minimum atomic E-state index is 0.330. The summed E-state index contributed by atoms with van der Waals surface area (Å²) in [6, 6.07) is 9.14. The van der Waals surface area contributed by atoms with Crippen LogP contribution in [0.2, 0.25) is 0 Å². The van der Waals surface area contributed by atoms with E-state index in [0.29, 0.717) is 10.8 Å². The van der Waals surface area contributed by atoms with Gasteiger partial charge >= 0.3 is 0 Å². The van der Waals surface area contributed by atoms with Crippen LogP contribution in [0, 0.1) is 6.92 Å². The van der Waals surface area contributed by atoms with E-state index in [2.05, 4.69) is 64.2 Å². The van der Waals surface area contributed by atoms with E-state index in [1.165, 1.54) is 11.1 Å². The molecule has 17 heavy (non-hydrogen) atoms. The summed E-state index contributed by atoms with van der Waals surface area (Å²) < 4.78 is 0.330. The Bertz CT molecular complexity index is 341. The Labute approximate surface area is 110 Å². The third-order valence-corrected chi connectivity index (χ3v) is 4.06. The number of hydrogen-bond donors (Lipinski definition) is 1. The van der Waals surface area contributed by atoms with Gasteiger partial charge in [0.05, 0.1) is 0 Å².